The average Bonchev–Trinajstić information content (AvgIpc) is 3.91. The van der Waals surface area contributed by atoms with Gasteiger partial charge in [0.1, 0.15) is 0 Å². The van der Waals surface area contributed by atoms with Crippen LogP contribution in [0.15, 0.2) is 132 Å². The van der Waals surface area contributed by atoms with Gasteiger partial charge in [0, 0.05) is 0 Å². The Kier molecular flexibility index (Phi) is 13.1. The Morgan fingerprint density at radius 2 is 0.697 bits per heavy atom. The molecule has 2 fully saturated rings. The molecule has 66 heavy (non-hydrogen) atoms. The summed E-state index contributed by atoms with van der Waals surface area (Å²) in [5.41, 5.74) is 24.1. The fourth-order valence-electron chi connectivity index (χ4n) is 12.9. The average molecular weight is 1000 g/mol. The fraction of sp³-hybridized carbons (Fsp3) is 0.355. The molecule has 0 heterocycles. The number of fused-ring (bicyclic) bond motifs is 2. The van der Waals surface area contributed by atoms with Gasteiger partial charge in [-0.25, -0.2) is 0 Å². The van der Waals surface area contributed by atoms with E-state index in [4.69, 9.17) is 0 Å². The molecule has 339 valence electrons. The predicted octanol–water partition coefficient (Wildman–Crippen LogP) is 19.1. The molecule has 4 aliphatic carbocycles. The molecule has 10 rings (SSSR count). The van der Waals surface area contributed by atoms with Gasteiger partial charge in [0.2, 0.25) is 0 Å². The van der Waals surface area contributed by atoms with Crippen LogP contribution in [0.2, 0.25) is 13.1 Å². The Balaban J connectivity index is 1.29. The number of rotatable bonds is 11. The predicted molar refractivity (Wildman–Crippen MR) is 288 cm³/mol. The van der Waals surface area contributed by atoms with Crippen molar-refractivity contribution in [3.05, 3.63) is 177 Å². The van der Waals surface area contributed by atoms with Gasteiger partial charge in [-0.3, -0.25) is 0 Å². The Labute approximate surface area is 405 Å². The molecule has 0 amide bonds. The zero-order chi connectivity index (χ0) is 45.8. The second kappa shape index (κ2) is 18.8. The van der Waals surface area contributed by atoms with Crippen molar-refractivity contribution < 1.29 is 15.6 Å². The summed E-state index contributed by atoms with van der Waals surface area (Å²) in [6.07, 6.45) is 20.7. The molecule has 4 aliphatic rings. The van der Waals surface area contributed by atoms with Gasteiger partial charge in [-0.05, 0) is 0 Å². The van der Waals surface area contributed by atoms with Crippen molar-refractivity contribution in [3.8, 4) is 44.5 Å². The Morgan fingerprint density at radius 3 is 1.00 bits per heavy atom. The summed E-state index contributed by atoms with van der Waals surface area (Å²) in [7, 11) is 19.2. The minimum absolute atomic E-state index is 0.000303. The molecule has 4 heteroatoms. The van der Waals surface area contributed by atoms with Gasteiger partial charge < -0.3 is 0 Å². The maximum atomic E-state index is 9.59. The second-order valence-electron chi connectivity index (χ2n) is 21.5. The molecule has 0 saturated heterocycles. The molecule has 0 N–H and O–H groups in total. The summed E-state index contributed by atoms with van der Waals surface area (Å²) in [5, 5.41) is 0. The molecule has 0 aliphatic heterocycles. The van der Waals surface area contributed by atoms with Gasteiger partial charge in [-0.1, -0.05) is 0 Å². The van der Waals surface area contributed by atoms with Gasteiger partial charge in [-0.15, -0.1) is 0 Å². The number of aryl methyl sites for hydroxylation is 4. The van der Waals surface area contributed by atoms with Crippen molar-refractivity contribution in [1.82, 2.24) is 0 Å². The summed E-state index contributed by atoms with van der Waals surface area (Å²) < 4.78 is -0.000606. The second-order valence-corrected chi connectivity index (χ2v) is 64.0. The summed E-state index contributed by atoms with van der Waals surface area (Å²) in [6.45, 7) is 13.9. The normalized spacial score (nSPS) is 19.6. The summed E-state index contributed by atoms with van der Waals surface area (Å²) in [4.78, 5) is 0. The number of halogens is 2. The van der Waals surface area contributed by atoms with E-state index in [9.17, 15) is 17.0 Å². The maximum absolute atomic E-state index is 9.59. The number of hydrogen-bond acceptors (Lipinski definition) is 0. The summed E-state index contributed by atoms with van der Waals surface area (Å²) in [5.74, 6) is -0.606. The van der Waals surface area contributed by atoms with Gasteiger partial charge in [-0.2, -0.15) is 0 Å². The number of allylic oxidation sites excluding steroid dienone is 2. The first-order valence-electron chi connectivity index (χ1n) is 25.5. The van der Waals surface area contributed by atoms with E-state index in [1.165, 1.54) is 153 Å². The first kappa shape index (κ1) is 46.2. The van der Waals surface area contributed by atoms with Crippen LogP contribution >= 0.6 is 17.0 Å². The zero-order valence-corrected chi connectivity index (χ0v) is 45.5. The van der Waals surface area contributed by atoms with Crippen molar-refractivity contribution in [1.29, 1.82) is 0 Å². The molecule has 2 unspecified atom stereocenters. The summed E-state index contributed by atoms with van der Waals surface area (Å²) >= 11 is -5.41. The first-order chi connectivity index (χ1) is 31.9. The molecule has 6 aromatic rings. The third kappa shape index (κ3) is 8.52. The van der Waals surface area contributed by atoms with E-state index in [1.807, 2.05) is 0 Å². The van der Waals surface area contributed by atoms with Crippen LogP contribution in [-0.2, 0) is 15.6 Å². The fourth-order valence-corrected chi connectivity index (χ4v) is 44.1. The quantitative estimate of drug-likeness (QED) is 0.114. The molecule has 0 nitrogen and oxygen atoms in total. The molecule has 2 atom stereocenters. The van der Waals surface area contributed by atoms with E-state index in [0.717, 1.165) is 12.8 Å². The SMILES string of the molecule is Cc1ccc(-c2ccc(-c3ccc(C)cc3)c3c2C=C(CC2CCCCC2)[CH]3[Zr]([Cl])([Cl])([CH]2C(CC3CCCCC3)=Cc3c(-c4ccc(C)cc4)ccc(-c4ccc(C)cc4)c32)[SiH](C)C)cc1. The molecule has 0 aromatic heterocycles. The van der Waals surface area contributed by atoms with E-state index in [1.54, 1.807) is 11.1 Å². The van der Waals surface area contributed by atoms with E-state index < -0.39 is 21.5 Å². The molecule has 0 bridgehead atoms. The van der Waals surface area contributed by atoms with Crippen molar-refractivity contribution in [2.45, 2.75) is 125 Å². The molecular weight excluding hydrogens is 935 g/mol. The monoisotopic (exact) mass is 1000 g/mol. The topological polar surface area (TPSA) is 0 Å². The van der Waals surface area contributed by atoms with Crippen LogP contribution in [0.4, 0.5) is 0 Å². The van der Waals surface area contributed by atoms with Crippen molar-refractivity contribution in [3.63, 3.8) is 0 Å². The van der Waals surface area contributed by atoms with Crippen LogP contribution in [-0.4, -0.2) is 5.92 Å². The van der Waals surface area contributed by atoms with E-state index in [0.29, 0.717) is 11.8 Å². The Hall–Kier alpha value is -3.52. The van der Waals surface area contributed by atoms with Crippen LogP contribution in [0.1, 0.15) is 129 Å². The van der Waals surface area contributed by atoms with E-state index in [2.05, 4.69) is 174 Å². The van der Waals surface area contributed by atoms with Gasteiger partial charge in [0.05, 0.1) is 0 Å². The Morgan fingerprint density at radius 1 is 0.409 bits per heavy atom. The molecule has 6 aromatic carbocycles. The van der Waals surface area contributed by atoms with Crippen molar-refractivity contribution in [2.24, 2.45) is 11.8 Å². The molecule has 2 saturated carbocycles. The van der Waals surface area contributed by atoms with Crippen LogP contribution in [0.25, 0.3) is 56.7 Å². The van der Waals surface area contributed by atoms with Crippen molar-refractivity contribution >= 4 is 35.1 Å². The minimum atomic E-state index is -5.41. The Bertz CT molecular complexity index is 2610. The third-order valence-electron chi connectivity index (χ3n) is 16.7. The van der Waals surface area contributed by atoms with Crippen LogP contribution in [0.3, 0.4) is 0 Å². The molecular formula is C62H69Cl2SiZr. The number of benzene rings is 6. The van der Waals surface area contributed by atoms with Gasteiger partial charge in [0.25, 0.3) is 0 Å². The summed E-state index contributed by atoms with van der Waals surface area (Å²) in [6, 6.07) is 46.8. The first-order valence-corrected chi connectivity index (χ1v) is 41.8. The van der Waals surface area contributed by atoms with Crippen LogP contribution in [0, 0.1) is 39.5 Å². The van der Waals surface area contributed by atoms with Crippen molar-refractivity contribution in [2.75, 3.05) is 0 Å². The third-order valence-corrected chi connectivity index (χ3v) is 68.4. The number of hydrogen-bond donors (Lipinski definition) is 0. The van der Waals surface area contributed by atoms with Gasteiger partial charge in [0.15, 0.2) is 0 Å². The van der Waals surface area contributed by atoms with Crippen LogP contribution in [0.5, 0.6) is 0 Å². The molecule has 0 spiro atoms. The van der Waals surface area contributed by atoms with E-state index >= 15 is 0 Å². The molecule has 0 radical (unpaired) electrons. The van der Waals surface area contributed by atoms with Gasteiger partial charge >= 0.3 is 409 Å². The zero-order valence-electron chi connectivity index (χ0n) is 40.3. The van der Waals surface area contributed by atoms with E-state index in [-0.39, 0.29) is 7.25 Å². The van der Waals surface area contributed by atoms with Crippen LogP contribution < -0.4 is 0 Å². The standard InChI is InChI=1S/2C30H31.C2H7Si.2ClH.Zr/c2*1-21-8-12-25(13-9-21)27-16-17-28(26-14-10-22(2)11-15-26)30-20-24(19-29(27)30)18-23-6-4-3-5-7-23;1-3-2;;;/h2*8-17,19-20,23H,3-7,18H2,1-2H3;3H,1-2H3;2*1H;/q;;;;;+2/p-2.